The van der Waals surface area contributed by atoms with Gasteiger partial charge >= 0.3 is 0 Å². The molecule has 3 nitrogen and oxygen atoms in total. The van der Waals surface area contributed by atoms with Crippen LogP contribution in [0, 0.1) is 5.92 Å². The topological polar surface area (TPSA) is 41.5 Å². The maximum atomic E-state index is 9.11. The van der Waals surface area contributed by atoms with Crippen LogP contribution >= 0.6 is 0 Å². The third kappa shape index (κ3) is 15.5. The first kappa shape index (κ1) is 24.1. The lowest BCUT2D eigenvalue weighted by Gasteiger charge is -2.12. The Hall–Kier alpha value is -1.16. The van der Waals surface area contributed by atoms with E-state index in [1.54, 1.807) is 7.11 Å². The minimum Gasteiger partial charge on any atom is -0.389 e. The third-order valence-corrected chi connectivity index (χ3v) is 2.99. The van der Waals surface area contributed by atoms with Crippen molar-refractivity contribution in [1.29, 1.82) is 0 Å². The highest BCUT2D eigenvalue weighted by molar-refractivity contribution is 5.26. The van der Waals surface area contributed by atoms with Gasteiger partial charge in [0.15, 0.2) is 0 Å². The summed E-state index contributed by atoms with van der Waals surface area (Å²) in [5.74, 6) is 0.478. The number of aliphatic hydroxyl groups excluding tert-OH is 1. The highest BCUT2D eigenvalue weighted by Gasteiger charge is 2.05. The minimum atomic E-state index is -0.382. The van der Waals surface area contributed by atoms with E-state index in [1.807, 2.05) is 33.8 Å². The lowest BCUT2D eigenvalue weighted by atomic mass is 9.97. The summed E-state index contributed by atoms with van der Waals surface area (Å²) in [6.45, 7) is 16.8. The summed E-state index contributed by atoms with van der Waals surface area (Å²) in [5, 5.41) is 12.2. The van der Waals surface area contributed by atoms with Gasteiger partial charge in [-0.2, -0.15) is 0 Å². The molecule has 0 aromatic carbocycles. The molecule has 2 atom stereocenters. The summed E-state index contributed by atoms with van der Waals surface area (Å²) in [4.78, 5) is 0. The van der Waals surface area contributed by atoms with Crippen molar-refractivity contribution in [2.24, 2.45) is 5.92 Å². The zero-order valence-electron chi connectivity index (χ0n) is 15.7. The molecule has 0 spiro atoms. The molecule has 0 saturated heterocycles. The molecule has 134 valence electrons. The van der Waals surface area contributed by atoms with Crippen molar-refractivity contribution in [2.45, 2.75) is 52.7 Å². The Morgan fingerprint density at radius 2 is 2.04 bits per heavy atom. The fourth-order valence-electron chi connectivity index (χ4n) is 1.82. The van der Waals surface area contributed by atoms with Crippen molar-refractivity contribution in [1.82, 2.24) is 5.32 Å². The first-order valence-electron chi connectivity index (χ1n) is 8.54. The van der Waals surface area contributed by atoms with Crippen LogP contribution in [0.4, 0.5) is 0 Å². The lowest BCUT2D eigenvalue weighted by Crippen LogP contribution is -2.34. The van der Waals surface area contributed by atoms with Crippen LogP contribution in [0.5, 0.6) is 0 Å². The summed E-state index contributed by atoms with van der Waals surface area (Å²) in [5.41, 5.74) is 1.19. The molecule has 3 heteroatoms. The molecule has 1 rings (SSSR count). The number of rotatable bonds is 7. The Kier molecular flexibility index (Phi) is 18.0. The van der Waals surface area contributed by atoms with Gasteiger partial charge in [-0.05, 0) is 18.4 Å². The molecule has 0 heterocycles. The average Bonchev–Trinajstić information content (AvgIpc) is 2.74. The predicted molar refractivity (Wildman–Crippen MR) is 103 cm³/mol. The Labute approximate surface area is 143 Å². The van der Waals surface area contributed by atoms with Gasteiger partial charge in [-0.25, -0.2) is 0 Å². The van der Waals surface area contributed by atoms with Crippen LogP contribution in [0.25, 0.3) is 0 Å². The van der Waals surface area contributed by atoms with E-state index in [0.717, 1.165) is 12.8 Å². The molecule has 0 aliphatic heterocycles. The lowest BCUT2D eigenvalue weighted by molar-refractivity contribution is 0.0634. The van der Waals surface area contributed by atoms with Gasteiger partial charge in [0.25, 0.3) is 0 Å². The Bertz CT molecular complexity index is 346. The standard InChI is InChI=1S/C11H14.C7H17NO2.C2H6/c1-3-7-11-9-6-4-5-8-10(11)2;1-6(2)8-4-7(9)5-10-3;1-2/h3,5-6,8-9,11H,1-2,4,7H2;6-9H,4-5H2,1-3H3;1-2H3. The van der Waals surface area contributed by atoms with E-state index in [2.05, 4.69) is 42.8 Å². The second-order valence-corrected chi connectivity index (χ2v) is 5.44. The molecule has 0 radical (unpaired) electrons. The molecular formula is C20H37NO2. The molecule has 0 bridgehead atoms. The largest absolute Gasteiger partial charge is 0.389 e. The molecule has 0 aromatic rings. The van der Waals surface area contributed by atoms with E-state index in [9.17, 15) is 0 Å². The predicted octanol–water partition coefficient (Wildman–Crippen LogP) is 4.27. The van der Waals surface area contributed by atoms with Crippen molar-refractivity contribution in [3.05, 3.63) is 49.1 Å². The van der Waals surface area contributed by atoms with Gasteiger partial charge in [-0.1, -0.05) is 64.7 Å². The molecule has 0 saturated carbocycles. The highest BCUT2D eigenvalue weighted by atomic mass is 16.5. The smallest absolute Gasteiger partial charge is 0.0897 e. The number of hydrogen-bond acceptors (Lipinski definition) is 3. The highest BCUT2D eigenvalue weighted by Crippen LogP contribution is 2.19. The summed E-state index contributed by atoms with van der Waals surface area (Å²) < 4.78 is 4.75. The molecule has 2 unspecified atom stereocenters. The summed E-state index contributed by atoms with van der Waals surface area (Å²) >= 11 is 0. The zero-order chi connectivity index (χ0) is 18.1. The zero-order valence-corrected chi connectivity index (χ0v) is 15.7. The van der Waals surface area contributed by atoms with Crippen LogP contribution in [0.15, 0.2) is 49.1 Å². The van der Waals surface area contributed by atoms with E-state index in [-0.39, 0.29) is 6.10 Å². The number of hydrogen-bond donors (Lipinski definition) is 2. The molecule has 0 fully saturated rings. The second-order valence-electron chi connectivity index (χ2n) is 5.44. The second kappa shape index (κ2) is 17.2. The fraction of sp³-hybridized carbons (Fsp3) is 0.600. The van der Waals surface area contributed by atoms with Crippen LogP contribution in [-0.2, 0) is 4.74 Å². The molecule has 0 aromatic heterocycles. The monoisotopic (exact) mass is 323 g/mol. The summed E-state index contributed by atoms with van der Waals surface area (Å²) in [7, 11) is 1.58. The summed E-state index contributed by atoms with van der Waals surface area (Å²) in [6, 6.07) is 0.423. The number of allylic oxidation sites excluding steroid dienone is 6. The summed E-state index contributed by atoms with van der Waals surface area (Å²) in [6.07, 6.45) is 12.2. The van der Waals surface area contributed by atoms with E-state index in [0.29, 0.717) is 25.1 Å². The maximum absolute atomic E-state index is 9.11. The SMILES string of the molecule is C=CCC1C=CCC=CC1=C.CC.COCC(O)CNC(C)C. The number of nitrogens with one attached hydrogen (secondary N) is 1. The molecule has 1 aliphatic rings. The van der Waals surface area contributed by atoms with Crippen LogP contribution in [-0.4, -0.2) is 37.5 Å². The Morgan fingerprint density at radius 3 is 2.57 bits per heavy atom. The van der Waals surface area contributed by atoms with Gasteiger partial charge < -0.3 is 15.2 Å². The van der Waals surface area contributed by atoms with Gasteiger partial charge in [-0.15, -0.1) is 6.58 Å². The van der Waals surface area contributed by atoms with Crippen molar-refractivity contribution >= 4 is 0 Å². The first-order valence-corrected chi connectivity index (χ1v) is 8.54. The van der Waals surface area contributed by atoms with Crippen LogP contribution in [0.3, 0.4) is 0 Å². The van der Waals surface area contributed by atoms with Gasteiger partial charge in [0.1, 0.15) is 0 Å². The first-order chi connectivity index (χ1) is 11.0. The molecule has 0 amide bonds. The average molecular weight is 324 g/mol. The van der Waals surface area contributed by atoms with Gasteiger partial charge in [-0.3, -0.25) is 0 Å². The van der Waals surface area contributed by atoms with Gasteiger partial charge in [0, 0.05) is 25.6 Å². The van der Waals surface area contributed by atoms with Crippen molar-refractivity contribution in [2.75, 3.05) is 20.3 Å². The van der Waals surface area contributed by atoms with Crippen molar-refractivity contribution in [3.8, 4) is 0 Å². The van der Waals surface area contributed by atoms with Gasteiger partial charge in [0.2, 0.25) is 0 Å². The van der Waals surface area contributed by atoms with E-state index < -0.39 is 0 Å². The van der Waals surface area contributed by atoms with E-state index in [4.69, 9.17) is 9.84 Å². The van der Waals surface area contributed by atoms with Crippen molar-refractivity contribution in [3.63, 3.8) is 0 Å². The number of ether oxygens (including phenoxy) is 1. The van der Waals surface area contributed by atoms with Gasteiger partial charge in [0.05, 0.1) is 12.7 Å². The maximum Gasteiger partial charge on any atom is 0.0897 e. The molecule has 1 aliphatic carbocycles. The number of methoxy groups -OCH3 is 1. The quantitative estimate of drug-likeness (QED) is 0.688. The molecule has 2 N–H and O–H groups in total. The normalized spacial score (nSPS) is 17.5. The Morgan fingerprint density at radius 1 is 1.39 bits per heavy atom. The molecule has 23 heavy (non-hydrogen) atoms. The number of aliphatic hydroxyl groups is 1. The third-order valence-electron chi connectivity index (χ3n) is 2.99. The van der Waals surface area contributed by atoms with E-state index >= 15 is 0 Å². The van der Waals surface area contributed by atoms with E-state index in [1.165, 1.54) is 5.57 Å². The van der Waals surface area contributed by atoms with Crippen LogP contribution < -0.4 is 5.32 Å². The minimum absolute atomic E-state index is 0.382. The molecular weight excluding hydrogens is 286 g/mol. The fourth-order valence-corrected chi connectivity index (χ4v) is 1.82. The van der Waals surface area contributed by atoms with Crippen molar-refractivity contribution < 1.29 is 9.84 Å². The van der Waals surface area contributed by atoms with Crippen LogP contribution in [0.1, 0.15) is 40.5 Å². The Balaban J connectivity index is 0. The van der Waals surface area contributed by atoms with Crippen LogP contribution in [0.2, 0.25) is 0 Å².